The van der Waals surface area contributed by atoms with E-state index in [1.54, 1.807) is 18.2 Å². The van der Waals surface area contributed by atoms with E-state index in [0.717, 1.165) is 25.3 Å². The van der Waals surface area contributed by atoms with Crippen molar-refractivity contribution in [3.05, 3.63) is 30.1 Å². The minimum Gasteiger partial charge on any atom is -0.496 e. The lowest BCUT2D eigenvalue weighted by Gasteiger charge is -2.09. The summed E-state index contributed by atoms with van der Waals surface area (Å²) in [6, 6.07) is 6.94. The number of hydrogen-bond acceptors (Lipinski definition) is 4. The average molecular weight is 276 g/mol. The molecule has 1 saturated heterocycles. The second-order valence-electron chi connectivity index (χ2n) is 4.82. The fourth-order valence-corrected chi connectivity index (χ4v) is 2.45. The van der Waals surface area contributed by atoms with Crippen LogP contribution in [0.3, 0.4) is 0 Å². The Labute approximate surface area is 116 Å². The van der Waals surface area contributed by atoms with Gasteiger partial charge in [-0.05, 0) is 25.1 Å². The molecule has 2 heterocycles. The number of aromatic amines is 1. The number of halogens is 1. The summed E-state index contributed by atoms with van der Waals surface area (Å²) < 4.78 is 19.2. The quantitative estimate of drug-likeness (QED) is 0.799. The van der Waals surface area contributed by atoms with E-state index < -0.39 is 0 Å². The molecular weight excluding hydrogens is 259 g/mol. The first-order chi connectivity index (χ1) is 9.78. The number of ether oxygens (including phenoxy) is 1. The van der Waals surface area contributed by atoms with Crippen molar-refractivity contribution in [3.63, 3.8) is 0 Å². The topological polar surface area (TPSA) is 62.0 Å². The number of hydrogen-bond donors (Lipinski definition) is 3. The molecule has 1 aromatic heterocycles. The Balaban J connectivity index is 1.86. The molecule has 5 nitrogen and oxygen atoms in total. The van der Waals surface area contributed by atoms with Gasteiger partial charge in [0.25, 0.3) is 0 Å². The summed E-state index contributed by atoms with van der Waals surface area (Å²) in [5.41, 5.74) is 1.01. The molecule has 1 atom stereocenters. The van der Waals surface area contributed by atoms with Crippen LogP contribution in [-0.2, 0) is 0 Å². The summed E-state index contributed by atoms with van der Waals surface area (Å²) in [6.45, 7) is 1.93. The highest BCUT2D eigenvalue weighted by molar-refractivity contribution is 5.70. The molecule has 2 aromatic rings. The highest BCUT2D eigenvalue weighted by Gasteiger charge is 2.17. The number of H-pyrrole nitrogens is 1. The lowest BCUT2D eigenvalue weighted by Crippen LogP contribution is -2.22. The zero-order valence-electron chi connectivity index (χ0n) is 11.2. The van der Waals surface area contributed by atoms with Crippen LogP contribution in [0.4, 0.5) is 10.2 Å². The van der Waals surface area contributed by atoms with Crippen LogP contribution in [0.25, 0.3) is 11.3 Å². The van der Waals surface area contributed by atoms with Crippen molar-refractivity contribution in [3.8, 4) is 17.0 Å². The van der Waals surface area contributed by atoms with Crippen molar-refractivity contribution in [2.45, 2.75) is 12.5 Å². The molecule has 1 aromatic carbocycles. The molecule has 0 aliphatic carbocycles. The smallest absolute Gasteiger partial charge is 0.148 e. The number of nitrogens with zero attached hydrogens (tertiary/aromatic N) is 1. The van der Waals surface area contributed by atoms with Crippen LogP contribution in [0, 0.1) is 5.82 Å². The molecule has 0 spiro atoms. The zero-order chi connectivity index (χ0) is 13.9. The van der Waals surface area contributed by atoms with Gasteiger partial charge in [0.15, 0.2) is 0 Å². The maximum Gasteiger partial charge on any atom is 0.148 e. The Hall–Kier alpha value is -2.08. The summed E-state index contributed by atoms with van der Waals surface area (Å²) in [5.74, 6) is 0.879. The second kappa shape index (κ2) is 5.50. The van der Waals surface area contributed by atoms with Gasteiger partial charge < -0.3 is 15.4 Å². The van der Waals surface area contributed by atoms with Gasteiger partial charge in [0.05, 0.1) is 18.4 Å². The van der Waals surface area contributed by atoms with E-state index in [-0.39, 0.29) is 5.82 Å². The van der Waals surface area contributed by atoms with Crippen molar-refractivity contribution in [1.29, 1.82) is 0 Å². The Bertz CT molecular complexity index is 593. The predicted octanol–water partition coefficient (Wildman–Crippen LogP) is 2.00. The second-order valence-corrected chi connectivity index (χ2v) is 4.82. The molecule has 1 unspecified atom stereocenters. The van der Waals surface area contributed by atoms with Gasteiger partial charge in [0, 0.05) is 18.7 Å². The Morgan fingerprint density at radius 2 is 2.35 bits per heavy atom. The molecule has 3 rings (SSSR count). The van der Waals surface area contributed by atoms with Crippen LogP contribution in [0.1, 0.15) is 6.42 Å². The molecule has 1 fully saturated rings. The molecule has 0 radical (unpaired) electrons. The van der Waals surface area contributed by atoms with E-state index in [2.05, 4.69) is 20.8 Å². The lowest BCUT2D eigenvalue weighted by molar-refractivity contribution is 0.413. The predicted molar refractivity (Wildman–Crippen MR) is 75.4 cm³/mol. The minimum absolute atomic E-state index is 0.331. The van der Waals surface area contributed by atoms with Crippen LogP contribution in [0.2, 0.25) is 0 Å². The normalized spacial score (nSPS) is 18.2. The van der Waals surface area contributed by atoms with E-state index in [9.17, 15) is 4.39 Å². The van der Waals surface area contributed by atoms with E-state index in [4.69, 9.17) is 4.74 Å². The Kier molecular flexibility index (Phi) is 3.56. The Morgan fingerprint density at radius 1 is 1.45 bits per heavy atom. The van der Waals surface area contributed by atoms with E-state index >= 15 is 0 Å². The standard InChI is InChI=1S/C14H17FN4O/c1-20-12-4-2-3-10(15)14(12)11-7-13(19-18-11)17-9-5-6-16-8-9/h2-4,7,9,16H,5-6,8H2,1H3,(H2,17,18,19). The number of aromatic nitrogens is 2. The van der Waals surface area contributed by atoms with E-state index in [1.807, 2.05) is 0 Å². The third-order valence-electron chi connectivity index (χ3n) is 3.45. The number of benzene rings is 1. The molecule has 1 aliphatic heterocycles. The van der Waals surface area contributed by atoms with Gasteiger partial charge >= 0.3 is 0 Å². The van der Waals surface area contributed by atoms with Gasteiger partial charge in [-0.25, -0.2) is 4.39 Å². The van der Waals surface area contributed by atoms with Crippen LogP contribution < -0.4 is 15.4 Å². The molecule has 106 valence electrons. The van der Waals surface area contributed by atoms with Crippen LogP contribution in [-0.4, -0.2) is 36.4 Å². The summed E-state index contributed by atoms with van der Waals surface area (Å²) in [7, 11) is 1.53. The molecule has 1 aliphatic rings. The minimum atomic E-state index is -0.331. The van der Waals surface area contributed by atoms with Gasteiger partial charge in [0.1, 0.15) is 17.4 Å². The van der Waals surface area contributed by atoms with Gasteiger partial charge in [-0.1, -0.05) is 6.07 Å². The number of anilines is 1. The lowest BCUT2D eigenvalue weighted by atomic mass is 10.1. The maximum atomic E-state index is 14.0. The van der Waals surface area contributed by atoms with Gasteiger partial charge in [-0.15, -0.1) is 0 Å². The summed E-state index contributed by atoms with van der Waals surface area (Å²) >= 11 is 0. The summed E-state index contributed by atoms with van der Waals surface area (Å²) in [4.78, 5) is 0. The first kappa shape index (κ1) is 12.9. The molecule has 3 N–H and O–H groups in total. The third kappa shape index (κ3) is 2.46. The molecule has 0 saturated carbocycles. The monoisotopic (exact) mass is 276 g/mol. The van der Waals surface area contributed by atoms with Gasteiger partial charge in [-0.2, -0.15) is 5.10 Å². The Morgan fingerprint density at radius 3 is 3.10 bits per heavy atom. The highest BCUT2D eigenvalue weighted by Crippen LogP contribution is 2.32. The first-order valence-electron chi connectivity index (χ1n) is 6.63. The largest absolute Gasteiger partial charge is 0.496 e. The molecule has 0 amide bonds. The van der Waals surface area contributed by atoms with Crippen molar-refractivity contribution in [2.24, 2.45) is 0 Å². The average Bonchev–Trinajstić information content (AvgIpc) is 3.11. The molecule has 0 bridgehead atoms. The fraction of sp³-hybridized carbons (Fsp3) is 0.357. The third-order valence-corrected chi connectivity index (χ3v) is 3.45. The van der Waals surface area contributed by atoms with Crippen molar-refractivity contribution in [1.82, 2.24) is 15.5 Å². The van der Waals surface area contributed by atoms with Gasteiger partial charge in [0.2, 0.25) is 0 Å². The molecule has 6 heteroatoms. The van der Waals surface area contributed by atoms with Crippen molar-refractivity contribution in [2.75, 3.05) is 25.5 Å². The number of nitrogens with one attached hydrogen (secondary N) is 3. The highest BCUT2D eigenvalue weighted by atomic mass is 19.1. The number of rotatable bonds is 4. The SMILES string of the molecule is COc1cccc(F)c1-c1cc(NC2CCNC2)n[nH]1. The van der Waals surface area contributed by atoms with Crippen LogP contribution in [0.5, 0.6) is 5.75 Å². The zero-order valence-corrected chi connectivity index (χ0v) is 11.2. The van der Waals surface area contributed by atoms with E-state index in [1.165, 1.54) is 13.2 Å². The summed E-state index contributed by atoms with van der Waals surface area (Å²) in [6.07, 6.45) is 1.06. The number of methoxy groups -OCH3 is 1. The van der Waals surface area contributed by atoms with Crippen LogP contribution >= 0.6 is 0 Å². The van der Waals surface area contributed by atoms with Crippen molar-refractivity contribution < 1.29 is 9.13 Å². The maximum absolute atomic E-state index is 14.0. The van der Waals surface area contributed by atoms with Crippen LogP contribution in [0.15, 0.2) is 24.3 Å². The summed E-state index contributed by atoms with van der Waals surface area (Å²) in [5, 5.41) is 13.6. The van der Waals surface area contributed by atoms with Gasteiger partial charge in [-0.3, -0.25) is 5.10 Å². The van der Waals surface area contributed by atoms with E-state index in [0.29, 0.717) is 23.0 Å². The van der Waals surface area contributed by atoms with Crippen molar-refractivity contribution >= 4 is 5.82 Å². The first-order valence-corrected chi connectivity index (χ1v) is 6.63. The molecule has 20 heavy (non-hydrogen) atoms. The molecular formula is C14H17FN4O. The fourth-order valence-electron chi connectivity index (χ4n) is 2.45.